The standard InChI is InChI=1S/C23H25ClN4O5/c1-26(2)6-7-33-22-11-18-14(9-21(22)32-3)8-19(25-18)23(29)27-13-15(12-24)17-5-4-16(28(30)31)10-20(17)27/h4-5,8-11,15,25H,6-7,12-13H2,1-3H3/p+1. The van der Waals surface area contributed by atoms with Crippen molar-refractivity contribution in [3.05, 3.63) is 57.8 Å². The third kappa shape index (κ3) is 4.46. The average Bonchev–Trinajstić information content (AvgIpc) is 3.38. The van der Waals surface area contributed by atoms with Gasteiger partial charge in [-0.1, -0.05) is 0 Å². The van der Waals surface area contributed by atoms with Gasteiger partial charge in [0, 0.05) is 47.4 Å². The van der Waals surface area contributed by atoms with Crippen LogP contribution in [0.5, 0.6) is 11.5 Å². The molecule has 10 heteroatoms. The molecule has 0 bridgehead atoms. The molecule has 1 aliphatic heterocycles. The van der Waals surface area contributed by atoms with Crippen LogP contribution >= 0.6 is 11.6 Å². The van der Waals surface area contributed by atoms with E-state index in [0.29, 0.717) is 41.9 Å². The number of nitrogens with zero attached hydrogens (tertiary/aromatic N) is 2. The molecule has 2 aromatic carbocycles. The highest BCUT2D eigenvalue weighted by Gasteiger charge is 2.34. The normalized spacial score (nSPS) is 15.2. The lowest BCUT2D eigenvalue weighted by Gasteiger charge is -2.16. The topological polar surface area (TPSA) is 102 Å². The first-order chi connectivity index (χ1) is 15.8. The lowest BCUT2D eigenvalue weighted by atomic mass is 10.0. The van der Waals surface area contributed by atoms with Crippen molar-refractivity contribution < 1.29 is 24.1 Å². The summed E-state index contributed by atoms with van der Waals surface area (Å²) in [7, 11) is 5.67. The Labute approximate surface area is 196 Å². The van der Waals surface area contributed by atoms with Crippen molar-refractivity contribution in [2.45, 2.75) is 5.92 Å². The summed E-state index contributed by atoms with van der Waals surface area (Å²) < 4.78 is 11.4. The molecule has 0 saturated heterocycles. The molecule has 0 spiro atoms. The molecule has 1 amide bonds. The molecular weight excluding hydrogens is 448 g/mol. The zero-order chi connectivity index (χ0) is 23.7. The molecule has 0 radical (unpaired) electrons. The summed E-state index contributed by atoms with van der Waals surface area (Å²) in [4.78, 5) is 30.2. The number of nitro benzene ring substituents is 1. The first kappa shape index (κ1) is 22.9. The highest BCUT2D eigenvalue weighted by molar-refractivity contribution is 6.19. The predicted octanol–water partition coefficient (Wildman–Crippen LogP) is 2.59. The molecule has 0 fully saturated rings. The van der Waals surface area contributed by atoms with E-state index in [1.807, 2.05) is 26.2 Å². The molecule has 2 heterocycles. The maximum Gasteiger partial charge on any atom is 0.274 e. The Morgan fingerprint density at radius 3 is 2.73 bits per heavy atom. The number of fused-ring (bicyclic) bond motifs is 2. The quantitative estimate of drug-likeness (QED) is 0.297. The second-order valence-electron chi connectivity index (χ2n) is 8.35. The van der Waals surface area contributed by atoms with Crippen molar-refractivity contribution in [2.24, 2.45) is 0 Å². The molecular formula is C23H26ClN4O5+. The highest BCUT2D eigenvalue weighted by atomic mass is 35.5. The number of nitrogens with one attached hydrogen (secondary N) is 2. The van der Waals surface area contributed by atoms with Crippen molar-refractivity contribution in [1.82, 2.24) is 4.98 Å². The summed E-state index contributed by atoms with van der Waals surface area (Å²) in [6.07, 6.45) is 0. The number of hydrogen-bond donors (Lipinski definition) is 2. The molecule has 4 rings (SSSR count). The van der Waals surface area contributed by atoms with Crippen LogP contribution in [-0.4, -0.2) is 62.6 Å². The molecule has 1 atom stereocenters. The van der Waals surface area contributed by atoms with Crippen LogP contribution in [-0.2, 0) is 0 Å². The van der Waals surface area contributed by atoms with Gasteiger partial charge < -0.3 is 24.3 Å². The Morgan fingerprint density at radius 1 is 1.27 bits per heavy atom. The zero-order valence-electron chi connectivity index (χ0n) is 18.7. The second kappa shape index (κ2) is 9.29. The van der Waals surface area contributed by atoms with Crippen LogP contribution in [0.1, 0.15) is 22.0 Å². The number of quaternary nitrogens is 1. The summed E-state index contributed by atoms with van der Waals surface area (Å²) in [5.74, 6) is 1.12. The number of carbonyl (C=O) groups is 1. The fraction of sp³-hybridized carbons (Fsp3) is 0.348. The van der Waals surface area contributed by atoms with E-state index in [9.17, 15) is 14.9 Å². The van der Waals surface area contributed by atoms with E-state index in [1.54, 1.807) is 24.1 Å². The second-order valence-corrected chi connectivity index (χ2v) is 8.65. The first-order valence-electron chi connectivity index (χ1n) is 10.6. The number of carbonyl (C=O) groups excluding carboxylic acids is 1. The van der Waals surface area contributed by atoms with Gasteiger partial charge in [-0.15, -0.1) is 11.6 Å². The number of alkyl halides is 1. The van der Waals surface area contributed by atoms with Crippen LogP contribution in [0, 0.1) is 10.1 Å². The number of hydrogen-bond acceptors (Lipinski definition) is 5. The van der Waals surface area contributed by atoms with E-state index in [1.165, 1.54) is 17.0 Å². The number of methoxy groups -OCH3 is 1. The predicted molar refractivity (Wildman–Crippen MR) is 126 cm³/mol. The van der Waals surface area contributed by atoms with Crippen molar-refractivity contribution in [1.29, 1.82) is 0 Å². The monoisotopic (exact) mass is 473 g/mol. The molecule has 1 unspecified atom stereocenters. The van der Waals surface area contributed by atoms with Crippen molar-refractivity contribution in [3.63, 3.8) is 0 Å². The van der Waals surface area contributed by atoms with Gasteiger partial charge in [0.25, 0.3) is 11.6 Å². The molecule has 0 saturated carbocycles. The number of rotatable bonds is 8. The molecule has 1 aromatic heterocycles. The number of aromatic nitrogens is 1. The maximum atomic E-state index is 13.4. The van der Waals surface area contributed by atoms with E-state index in [2.05, 4.69) is 4.98 Å². The summed E-state index contributed by atoms with van der Waals surface area (Å²) in [5.41, 5.74) is 2.39. The minimum Gasteiger partial charge on any atom is -0.493 e. The number of aromatic amines is 1. The number of H-pyrrole nitrogens is 1. The maximum absolute atomic E-state index is 13.4. The Hall–Kier alpha value is -3.30. The molecule has 1 aliphatic rings. The Kier molecular flexibility index (Phi) is 6.44. The van der Waals surface area contributed by atoms with Gasteiger partial charge in [-0.25, -0.2) is 0 Å². The fourth-order valence-electron chi connectivity index (χ4n) is 4.00. The van der Waals surface area contributed by atoms with Crippen LogP contribution < -0.4 is 19.3 Å². The summed E-state index contributed by atoms with van der Waals surface area (Å²) in [5, 5.41) is 12.1. The lowest BCUT2D eigenvalue weighted by molar-refractivity contribution is -0.858. The van der Waals surface area contributed by atoms with E-state index in [-0.39, 0.29) is 17.5 Å². The van der Waals surface area contributed by atoms with Crippen LogP contribution in [0.3, 0.4) is 0 Å². The number of halogens is 1. The third-order valence-electron chi connectivity index (χ3n) is 5.78. The fourth-order valence-corrected chi connectivity index (χ4v) is 4.27. The van der Waals surface area contributed by atoms with E-state index < -0.39 is 4.92 Å². The van der Waals surface area contributed by atoms with E-state index in [0.717, 1.165) is 23.0 Å². The van der Waals surface area contributed by atoms with Gasteiger partial charge in [0.1, 0.15) is 18.8 Å². The van der Waals surface area contributed by atoms with Gasteiger partial charge >= 0.3 is 0 Å². The van der Waals surface area contributed by atoms with Gasteiger partial charge in [-0.3, -0.25) is 14.9 Å². The van der Waals surface area contributed by atoms with Gasteiger partial charge in [0.2, 0.25) is 0 Å². The van der Waals surface area contributed by atoms with Gasteiger partial charge in [0.05, 0.1) is 31.8 Å². The number of non-ortho nitro benzene ring substituents is 1. The van der Waals surface area contributed by atoms with Crippen molar-refractivity contribution >= 4 is 39.8 Å². The lowest BCUT2D eigenvalue weighted by Crippen LogP contribution is -3.06. The van der Waals surface area contributed by atoms with Crippen LogP contribution in [0.15, 0.2) is 36.4 Å². The highest BCUT2D eigenvalue weighted by Crippen LogP contribution is 2.40. The molecule has 3 aromatic rings. The third-order valence-corrected chi connectivity index (χ3v) is 6.16. The molecule has 33 heavy (non-hydrogen) atoms. The average molecular weight is 474 g/mol. The molecule has 174 valence electrons. The Morgan fingerprint density at radius 2 is 2.06 bits per heavy atom. The number of likely N-dealkylation sites (N-methyl/N-ethyl adjacent to an activating group) is 1. The summed E-state index contributed by atoms with van der Waals surface area (Å²) in [6, 6.07) is 9.96. The van der Waals surface area contributed by atoms with Gasteiger partial charge in [-0.05, 0) is 23.8 Å². The smallest absolute Gasteiger partial charge is 0.274 e. The van der Waals surface area contributed by atoms with Gasteiger partial charge in [0.15, 0.2) is 11.5 Å². The van der Waals surface area contributed by atoms with Crippen LogP contribution in [0.4, 0.5) is 11.4 Å². The first-order valence-corrected chi connectivity index (χ1v) is 11.1. The Balaban J connectivity index is 1.66. The number of anilines is 1. The SMILES string of the molecule is COc1cc2cc(C(=O)N3CC(CCl)c4ccc([N+](=O)[O-])cc43)[nH]c2cc1OCC[NH+](C)C. The van der Waals surface area contributed by atoms with E-state index >= 15 is 0 Å². The minimum atomic E-state index is -0.467. The van der Waals surface area contributed by atoms with Crippen LogP contribution in [0.2, 0.25) is 0 Å². The Bertz CT molecular complexity index is 1210. The molecule has 2 N–H and O–H groups in total. The molecule has 9 nitrogen and oxygen atoms in total. The molecule has 0 aliphatic carbocycles. The summed E-state index contributed by atoms with van der Waals surface area (Å²) >= 11 is 6.12. The van der Waals surface area contributed by atoms with Crippen LogP contribution in [0.25, 0.3) is 10.9 Å². The number of nitro groups is 1. The van der Waals surface area contributed by atoms with Crippen molar-refractivity contribution in [3.8, 4) is 11.5 Å². The largest absolute Gasteiger partial charge is 0.493 e. The summed E-state index contributed by atoms with van der Waals surface area (Å²) in [6.45, 7) is 1.72. The zero-order valence-corrected chi connectivity index (χ0v) is 19.4. The number of amides is 1. The minimum absolute atomic E-state index is 0.0653. The van der Waals surface area contributed by atoms with Gasteiger partial charge in [-0.2, -0.15) is 0 Å². The number of benzene rings is 2. The van der Waals surface area contributed by atoms with E-state index in [4.69, 9.17) is 21.1 Å². The number of ether oxygens (including phenoxy) is 2. The van der Waals surface area contributed by atoms with Crippen molar-refractivity contribution in [2.75, 3.05) is 51.7 Å².